The molecule has 0 aliphatic carbocycles. The molecule has 0 unspecified atom stereocenters. The lowest BCUT2D eigenvalue weighted by Crippen LogP contribution is -2.30. The zero-order valence-electron chi connectivity index (χ0n) is 13.2. The quantitative estimate of drug-likeness (QED) is 0.858. The van der Waals surface area contributed by atoms with Crippen LogP contribution < -0.4 is 0 Å². The summed E-state index contributed by atoms with van der Waals surface area (Å²) in [6.45, 7) is 8.17. The van der Waals surface area contributed by atoms with Crippen LogP contribution in [0.2, 0.25) is 0 Å². The number of imidazole rings is 1. The molecule has 1 saturated heterocycles. The van der Waals surface area contributed by atoms with Crippen LogP contribution in [0.1, 0.15) is 43.2 Å². The van der Waals surface area contributed by atoms with Crippen LogP contribution in [0.3, 0.4) is 0 Å². The fraction of sp³-hybridized carbons (Fsp3) is 0.667. The maximum atomic E-state index is 4.51. The van der Waals surface area contributed by atoms with E-state index in [-0.39, 0.29) is 0 Å². The lowest BCUT2D eigenvalue weighted by molar-refractivity contribution is 0.248. The first-order valence-corrected chi connectivity index (χ1v) is 7.77. The van der Waals surface area contributed by atoms with E-state index in [0.29, 0.717) is 5.92 Å². The molecule has 0 amide bonds. The Morgan fingerprint density at radius 3 is 2.62 bits per heavy atom. The zero-order chi connectivity index (χ0) is 14.8. The number of likely N-dealkylation sites (tertiary alicyclic amines) is 1. The zero-order valence-corrected chi connectivity index (χ0v) is 13.2. The largest absolute Gasteiger partial charge is 0.328 e. The molecule has 6 nitrogen and oxygen atoms in total. The van der Waals surface area contributed by atoms with Crippen molar-refractivity contribution in [2.75, 3.05) is 20.1 Å². The maximum Gasteiger partial charge on any atom is 0.153 e. The standard InChI is InChI=1S/C15H24N6/c1-4-21-14(11-20-10-7-16-12(20)2)17-18-15(21)13-5-8-19(3)9-6-13/h7,10,13H,4-6,8-9,11H2,1-3H3. The molecular weight excluding hydrogens is 264 g/mol. The highest BCUT2D eigenvalue weighted by Crippen LogP contribution is 2.26. The summed E-state index contributed by atoms with van der Waals surface area (Å²) in [5, 5.41) is 8.95. The molecule has 3 rings (SSSR count). The smallest absolute Gasteiger partial charge is 0.153 e. The molecule has 0 spiro atoms. The molecule has 3 heterocycles. The molecule has 0 bridgehead atoms. The second-order valence-corrected chi connectivity index (χ2v) is 5.90. The van der Waals surface area contributed by atoms with Gasteiger partial charge in [0.05, 0.1) is 6.54 Å². The van der Waals surface area contributed by atoms with Gasteiger partial charge in [-0.1, -0.05) is 0 Å². The molecule has 0 radical (unpaired) electrons. The van der Waals surface area contributed by atoms with E-state index in [1.165, 1.54) is 18.7 Å². The van der Waals surface area contributed by atoms with Gasteiger partial charge in [-0.15, -0.1) is 10.2 Å². The molecule has 0 aromatic carbocycles. The molecule has 1 aliphatic rings. The molecule has 1 fully saturated rings. The highest BCUT2D eigenvalue weighted by atomic mass is 15.3. The van der Waals surface area contributed by atoms with Gasteiger partial charge in [0.1, 0.15) is 11.6 Å². The Morgan fingerprint density at radius 2 is 2.00 bits per heavy atom. The lowest BCUT2D eigenvalue weighted by atomic mass is 9.96. The van der Waals surface area contributed by atoms with Crippen LogP contribution in [0.25, 0.3) is 0 Å². The van der Waals surface area contributed by atoms with E-state index >= 15 is 0 Å². The number of nitrogens with zero attached hydrogens (tertiary/aromatic N) is 6. The Morgan fingerprint density at radius 1 is 1.24 bits per heavy atom. The lowest BCUT2D eigenvalue weighted by Gasteiger charge is -2.28. The van der Waals surface area contributed by atoms with E-state index in [1.54, 1.807) is 0 Å². The summed E-state index contributed by atoms with van der Waals surface area (Å²) in [4.78, 5) is 6.66. The average molecular weight is 288 g/mol. The maximum absolute atomic E-state index is 4.51. The average Bonchev–Trinajstić information content (AvgIpc) is 3.07. The third-order valence-corrected chi connectivity index (χ3v) is 4.49. The number of hydrogen-bond acceptors (Lipinski definition) is 4. The van der Waals surface area contributed by atoms with E-state index in [2.05, 4.69) is 43.2 Å². The second kappa shape index (κ2) is 5.97. The fourth-order valence-corrected chi connectivity index (χ4v) is 3.10. The SMILES string of the molecule is CCn1c(Cn2ccnc2C)nnc1C1CCN(C)CC1. The van der Waals surface area contributed by atoms with E-state index in [9.17, 15) is 0 Å². The molecule has 6 heteroatoms. The van der Waals surface area contributed by atoms with E-state index in [1.807, 2.05) is 19.3 Å². The van der Waals surface area contributed by atoms with Crippen LogP contribution in [0.15, 0.2) is 12.4 Å². The van der Waals surface area contributed by atoms with Crippen LogP contribution in [-0.2, 0) is 13.1 Å². The predicted molar refractivity (Wildman–Crippen MR) is 81.2 cm³/mol. The fourth-order valence-electron chi connectivity index (χ4n) is 3.10. The van der Waals surface area contributed by atoms with Gasteiger partial charge in [0.25, 0.3) is 0 Å². The first-order chi connectivity index (χ1) is 10.2. The highest BCUT2D eigenvalue weighted by Gasteiger charge is 2.24. The topological polar surface area (TPSA) is 51.8 Å². The molecule has 0 saturated carbocycles. The Kier molecular flexibility index (Phi) is 4.05. The number of rotatable bonds is 4. The van der Waals surface area contributed by atoms with E-state index in [4.69, 9.17) is 0 Å². The third kappa shape index (κ3) is 2.85. The van der Waals surface area contributed by atoms with Crippen molar-refractivity contribution < 1.29 is 0 Å². The van der Waals surface area contributed by atoms with E-state index in [0.717, 1.165) is 37.8 Å². The minimum Gasteiger partial charge on any atom is -0.328 e. The number of aromatic nitrogens is 5. The van der Waals surface area contributed by atoms with Gasteiger partial charge in [-0.2, -0.15) is 0 Å². The first-order valence-electron chi connectivity index (χ1n) is 7.77. The van der Waals surface area contributed by atoms with Crippen LogP contribution in [-0.4, -0.2) is 49.4 Å². The summed E-state index contributed by atoms with van der Waals surface area (Å²) in [5.41, 5.74) is 0. The van der Waals surface area contributed by atoms with Gasteiger partial charge in [0.15, 0.2) is 5.82 Å². The summed E-state index contributed by atoms with van der Waals surface area (Å²) in [6, 6.07) is 0. The van der Waals surface area contributed by atoms with Crippen molar-refractivity contribution in [2.24, 2.45) is 0 Å². The minimum absolute atomic E-state index is 0.547. The minimum atomic E-state index is 0.547. The number of hydrogen-bond donors (Lipinski definition) is 0. The van der Waals surface area contributed by atoms with Crippen molar-refractivity contribution in [3.63, 3.8) is 0 Å². The van der Waals surface area contributed by atoms with Gasteiger partial charge in [-0.3, -0.25) is 0 Å². The summed E-state index contributed by atoms with van der Waals surface area (Å²) in [7, 11) is 2.19. The Balaban J connectivity index is 1.82. The van der Waals surface area contributed by atoms with Crippen LogP contribution in [0.4, 0.5) is 0 Å². The van der Waals surface area contributed by atoms with Crippen molar-refractivity contribution in [1.82, 2.24) is 29.2 Å². The number of aryl methyl sites for hydroxylation is 1. The second-order valence-electron chi connectivity index (χ2n) is 5.90. The van der Waals surface area contributed by atoms with Gasteiger partial charge < -0.3 is 14.0 Å². The number of piperidine rings is 1. The summed E-state index contributed by atoms with van der Waals surface area (Å²) in [6.07, 6.45) is 6.19. The van der Waals surface area contributed by atoms with Gasteiger partial charge in [0, 0.05) is 24.9 Å². The van der Waals surface area contributed by atoms with Crippen LogP contribution in [0, 0.1) is 6.92 Å². The van der Waals surface area contributed by atoms with Crippen molar-refractivity contribution in [1.29, 1.82) is 0 Å². The molecule has 0 N–H and O–H groups in total. The van der Waals surface area contributed by atoms with Gasteiger partial charge in [-0.25, -0.2) is 4.98 Å². The first kappa shape index (κ1) is 14.3. The molecular formula is C15H24N6. The molecule has 1 aliphatic heterocycles. The Labute approximate surface area is 125 Å². The molecule has 2 aromatic heterocycles. The van der Waals surface area contributed by atoms with Crippen LogP contribution >= 0.6 is 0 Å². The molecule has 21 heavy (non-hydrogen) atoms. The Hall–Kier alpha value is -1.69. The summed E-state index contributed by atoms with van der Waals surface area (Å²) >= 11 is 0. The normalized spacial score (nSPS) is 17.5. The van der Waals surface area contributed by atoms with Crippen molar-refractivity contribution >= 4 is 0 Å². The molecule has 114 valence electrons. The summed E-state index contributed by atoms with van der Waals surface area (Å²) < 4.78 is 4.41. The van der Waals surface area contributed by atoms with E-state index < -0.39 is 0 Å². The van der Waals surface area contributed by atoms with Crippen LogP contribution in [0.5, 0.6) is 0 Å². The van der Waals surface area contributed by atoms with Crippen molar-refractivity contribution in [3.05, 3.63) is 29.9 Å². The highest BCUT2D eigenvalue weighted by molar-refractivity contribution is 5.05. The molecule has 0 atom stereocenters. The van der Waals surface area contributed by atoms with Crippen molar-refractivity contribution in [2.45, 2.75) is 45.7 Å². The Bertz CT molecular complexity index is 591. The summed E-state index contributed by atoms with van der Waals surface area (Å²) in [5.74, 6) is 3.76. The monoisotopic (exact) mass is 288 g/mol. The predicted octanol–water partition coefficient (Wildman–Crippen LogP) is 1.66. The van der Waals surface area contributed by atoms with Crippen molar-refractivity contribution in [3.8, 4) is 0 Å². The third-order valence-electron chi connectivity index (χ3n) is 4.49. The van der Waals surface area contributed by atoms with Gasteiger partial charge in [0.2, 0.25) is 0 Å². The molecule has 2 aromatic rings. The van der Waals surface area contributed by atoms with Gasteiger partial charge >= 0.3 is 0 Å². The van der Waals surface area contributed by atoms with Gasteiger partial charge in [-0.05, 0) is 46.8 Å².